The van der Waals surface area contributed by atoms with Crippen LogP contribution in [0.3, 0.4) is 0 Å². The van der Waals surface area contributed by atoms with Crippen molar-refractivity contribution >= 4 is 5.97 Å². The second-order valence-corrected chi connectivity index (χ2v) is 9.14. The molecule has 196 valence electrons. The molecule has 0 saturated heterocycles. The number of unbranched alkanes of at least 4 members (excludes halogenated alkanes) is 2. The molecule has 0 aliphatic heterocycles. The first kappa shape index (κ1) is 26.8. The van der Waals surface area contributed by atoms with Crippen molar-refractivity contribution in [2.45, 2.75) is 52.4 Å². The number of phenolic OH excluding ortho intramolecular Hbond substituents is 1. The maximum atomic E-state index is 13.5. The molecule has 0 radical (unpaired) electrons. The highest BCUT2D eigenvalue weighted by Gasteiger charge is 2.26. The number of aromatic hydroxyl groups is 1. The highest BCUT2D eigenvalue weighted by molar-refractivity contribution is 5.95. The number of rotatable bonds is 13. The van der Waals surface area contributed by atoms with E-state index in [0.717, 1.165) is 36.0 Å². The zero-order chi connectivity index (χ0) is 26.6. The minimum atomic E-state index is -0.534. The molecule has 0 aliphatic carbocycles. The monoisotopic (exact) mass is 510 g/mol. The number of benzene rings is 4. The van der Waals surface area contributed by atoms with Gasteiger partial charge in [-0.05, 0) is 29.5 Å². The lowest BCUT2D eigenvalue weighted by molar-refractivity contribution is 0.0465. The number of carbonyl (C=O) groups is 1. The van der Waals surface area contributed by atoms with Gasteiger partial charge < -0.3 is 19.3 Å². The molecule has 4 aromatic rings. The van der Waals surface area contributed by atoms with Gasteiger partial charge in [-0.1, -0.05) is 111 Å². The third-order valence-electron chi connectivity index (χ3n) is 6.25. The fourth-order valence-corrected chi connectivity index (χ4v) is 4.18. The molecule has 4 aromatic carbocycles. The predicted octanol–water partition coefficient (Wildman–Crippen LogP) is 7.64. The van der Waals surface area contributed by atoms with Gasteiger partial charge in [0.1, 0.15) is 31.1 Å². The first-order valence-electron chi connectivity index (χ1n) is 13.1. The molecule has 0 amide bonds. The van der Waals surface area contributed by atoms with Crippen molar-refractivity contribution in [3.63, 3.8) is 0 Å². The normalized spacial score (nSPS) is 10.7. The number of hydrogen-bond acceptors (Lipinski definition) is 5. The summed E-state index contributed by atoms with van der Waals surface area (Å²) in [6.45, 7) is 2.78. The summed E-state index contributed by atoms with van der Waals surface area (Å²) in [5, 5.41) is 11.3. The molecule has 0 saturated carbocycles. The highest BCUT2D eigenvalue weighted by atomic mass is 16.5. The summed E-state index contributed by atoms with van der Waals surface area (Å²) in [4.78, 5) is 13.5. The summed E-state index contributed by atoms with van der Waals surface area (Å²) in [6, 6.07) is 30.6. The maximum Gasteiger partial charge on any atom is 0.342 e. The van der Waals surface area contributed by atoms with Crippen molar-refractivity contribution in [1.29, 1.82) is 0 Å². The third-order valence-corrected chi connectivity index (χ3v) is 6.25. The second kappa shape index (κ2) is 13.9. The van der Waals surface area contributed by atoms with E-state index >= 15 is 0 Å². The van der Waals surface area contributed by atoms with E-state index in [1.807, 2.05) is 91.0 Å². The molecule has 0 spiro atoms. The van der Waals surface area contributed by atoms with Crippen molar-refractivity contribution in [3.8, 4) is 17.2 Å². The average Bonchev–Trinajstić information content (AvgIpc) is 2.97. The Balaban J connectivity index is 1.68. The molecule has 0 unspecified atom stereocenters. The van der Waals surface area contributed by atoms with Crippen LogP contribution in [0.15, 0.2) is 97.1 Å². The minimum absolute atomic E-state index is 0.0456. The van der Waals surface area contributed by atoms with Crippen LogP contribution in [0.4, 0.5) is 0 Å². The molecule has 5 heteroatoms. The SMILES string of the molecule is CCCCCc1c(O)c(OCc2ccccc2)cc(OCc2ccccc2)c1C(=O)OCc1ccccc1. The molecule has 0 aliphatic rings. The quantitative estimate of drug-likeness (QED) is 0.148. The molecule has 0 fully saturated rings. The van der Waals surface area contributed by atoms with Crippen molar-refractivity contribution < 1.29 is 24.1 Å². The van der Waals surface area contributed by atoms with Gasteiger partial charge in [0.15, 0.2) is 11.5 Å². The smallest absolute Gasteiger partial charge is 0.342 e. The molecular weight excluding hydrogens is 476 g/mol. The Morgan fingerprint density at radius 1 is 0.684 bits per heavy atom. The highest BCUT2D eigenvalue weighted by Crippen LogP contribution is 2.41. The van der Waals surface area contributed by atoms with Crippen LogP contribution in [0.25, 0.3) is 0 Å². The van der Waals surface area contributed by atoms with Crippen LogP contribution >= 0.6 is 0 Å². The van der Waals surface area contributed by atoms with Crippen molar-refractivity contribution in [2.24, 2.45) is 0 Å². The largest absolute Gasteiger partial charge is 0.504 e. The lowest BCUT2D eigenvalue weighted by Crippen LogP contribution is -2.13. The van der Waals surface area contributed by atoms with Crippen LogP contribution in [0, 0.1) is 0 Å². The molecule has 5 nitrogen and oxygen atoms in total. The second-order valence-electron chi connectivity index (χ2n) is 9.14. The van der Waals surface area contributed by atoms with Gasteiger partial charge in [0.2, 0.25) is 0 Å². The van der Waals surface area contributed by atoms with Gasteiger partial charge >= 0.3 is 5.97 Å². The van der Waals surface area contributed by atoms with Crippen molar-refractivity contribution in [1.82, 2.24) is 0 Å². The molecule has 0 heterocycles. The lowest BCUT2D eigenvalue weighted by Gasteiger charge is -2.20. The van der Waals surface area contributed by atoms with E-state index in [4.69, 9.17) is 14.2 Å². The molecular formula is C33H34O5. The Kier molecular flexibility index (Phi) is 9.80. The fourth-order valence-electron chi connectivity index (χ4n) is 4.18. The first-order chi connectivity index (χ1) is 18.7. The Morgan fingerprint density at radius 3 is 1.71 bits per heavy atom. The van der Waals surface area contributed by atoms with E-state index in [0.29, 0.717) is 17.7 Å². The van der Waals surface area contributed by atoms with E-state index in [1.54, 1.807) is 6.07 Å². The zero-order valence-electron chi connectivity index (χ0n) is 21.8. The van der Waals surface area contributed by atoms with Crippen molar-refractivity contribution in [2.75, 3.05) is 0 Å². The number of ether oxygens (including phenoxy) is 3. The van der Waals surface area contributed by atoms with E-state index in [2.05, 4.69) is 6.92 Å². The van der Waals surface area contributed by atoms with E-state index in [1.165, 1.54) is 0 Å². The topological polar surface area (TPSA) is 65.0 Å². The van der Waals surface area contributed by atoms with Gasteiger partial charge in [-0.3, -0.25) is 0 Å². The van der Waals surface area contributed by atoms with Crippen LogP contribution in [-0.4, -0.2) is 11.1 Å². The standard InChI is InChI=1S/C33H34O5/c1-2-3-7-20-28-31(33(35)38-24-27-18-12-6-13-19-27)29(36-22-25-14-8-4-9-15-25)21-30(32(28)34)37-23-26-16-10-5-11-17-26/h4-6,8-19,21,34H,2-3,7,20,22-24H2,1H3. The summed E-state index contributed by atoms with van der Waals surface area (Å²) < 4.78 is 18.0. The number of phenols is 1. The van der Waals surface area contributed by atoms with E-state index < -0.39 is 5.97 Å². The van der Waals surface area contributed by atoms with Crippen LogP contribution in [0.2, 0.25) is 0 Å². The average molecular weight is 511 g/mol. The zero-order valence-corrected chi connectivity index (χ0v) is 21.8. The van der Waals surface area contributed by atoms with Gasteiger partial charge in [0.05, 0.1) is 0 Å². The maximum absolute atomic E-state index is 13.5. The Labute approximate surface area is 224 Å². The first-order valence-corrected chi connectivity index (χ1v) is 13.1. The Bertz CT molecular complexity index is 1290. The summed E-state index contributed by atoms with van der Waals surface area (Å²) in [7, 11) is 0. The van der Waals surface area contributed by atoms with Crippen LogP contribution < -0.4 is 9.47 Å². The number of hydrogen-bond donors (Lipinski definition) is 1. The van der Waals surface area contributed by atoms with Gasteiger partial charge in [-0.2, -0.15) is 0 Å². The number of carbonyl (C=O) groups excluding carboxylic acids is 1. The summed E-state index contributed by atoms with van der Waals surface area (Å²) in [6.07, 6.45) is 3.28. The third kappa shape index (κ3) is 7.39. The molecule has 0 atom stereocenters. The van der Waals surface area contributed by atoms with E-state index in [-0.39, 0.29) is 36.9 Å². The molecule has 0 aromatic heterocycles. The summed E-state index contributed by atoms with van der Waals surface area (Å²) >= 11 is 0. The van der Waals surface area contributed by atoms with Crippen molar-refractivity contribution in [3.05, 3.63) is 125 Å². The summed E-state index contributed by atoms with van der Waals surface area (Å²) in [5.41, 5.74) is 3.55. The molecule has 0 bridgehead atoms. The van der Waals surface area contributed by atoms with E-state index in [9.17, 15) is 9.90 Å². The minimum Gasteiger partial charge on any atom is -0.504 e. The van der Waals surface area contributed by atoms with Gasteiger partial charge in [-0.15, -0.1) is 0 Å². The van der Waals surface area contributed by atoms with Crippen LogP contribution in [0.5, 0.6) is 17.2 Å². The molecule has 1 N–H and O–H groups in total. The summed E-state index contributed by atoms with van der Waals surface area (Å²) in [5.74, 6) is 0.0337. The Hall–Kier alpha value is -4.25. The molecule has 38 heavy (non-hydrogen) atoms. The Morgan fingerprint density at radius 2 is 1.18 bits per heavy atom. The van der Waals surface area contributed by atoms with Gasteiger partial charge in [-0.25, -0.2) is 4.79 Å². The molecule has 4 rings (SSSR count). The lowest BCUT2D eigenvalue weighted by atomic mass is 9.98. The fraction of sp³-hybridized carbons (Fsp3) is 0.242. The predicted molar refractivity (Wildman–Crippen MR) is 148 cm³/mol. The van der Waals surface area contributed by atoms with Gasteiger partial charge in [0, 0.05) is 11.6 Å². The van der Waals surface area contributed by atoms with Gasteiger partial charge in [0.25, 0.3) is 0 Å². The number of esters is 1. The van der Waals surface area contributed by atoms with Crippen LogP contribution in [-0.2, 0) is 31.0 Å². The van der Waals surface area contributed by atoms with Crippen LogP contribution in [0.1, 0.15) is 58.8 Å².